The second kappa shape index (κ2) is 12.7. The van der Waals surface area contributed by atoms with Gasteiger partial charge in [0.25, 0.3) is 5.97 Å². The number of unbranched alkanes of at least 4 members (excludes halogenated alkanes) is 1. The molecule has 1 heterocycles. The van der Waals surface area contributed by atoms with Crippen molar-refractivity contribution in [2.45, 2.75) is 57.8 Å². The fourth-order valence-electron chi connectivity index (χ4n) is 2.37. The molecule has 0 radical (unpaired) electrons. The second-order valence-electron chi connectivity index (χ2n) is 7.11. The Hall–Kier alpha value is -0.813. The number of hydrogen-bond donors (Lipinski definition) is 0. The van der Waals surface area contributed by atoms with Gasteiger partial charge in [0.1, 0.15) is 6.10 Å². The summed E-state index contributed by atoms with van der Waals surface area (Å²) in [7, 11) is 0.417. The SMILES string of the molecule is C=C(C)C(=O)OCCC[Si](C)(OCCCCOCC1CO1)OC(C)(OC)OC. The van der Waals surface area contributed by atoms with Crippen LogP contribution in [-0.2, 0) is 37.3 Å². The Morgan fingerprint density at radius 3 is 2.39 bits per heavy atom. The van der Waals surface area contributed by atoms with Gasteiger partial charge in [-0.05, 0) is 38.8 Å². The van der Waals surface area contributed by atoms with Gasteiger partial charge < -0.3 is 32.5 Å². The second-order valence-corrected chi connectivity index (χ2v) is 10.4. The number of ether oxygens (including phenoxy) is 5. The molecular formula is C19H36O8Si. The first-order valence-electron chi connectivity index (χ1n) is 9.70. The number of carbonyl (C=O) groups is 1. The molecule has 0 aromatic heterocycles. The van der Waals surface area contributed by atoms with Gasteiger partial charge in [-0.1, -0.05) is 6.58 Å². The molecule has 1 rings (SSSR count). The maximum atomic E-state index is 11.5. The molecular weight excluding hydrogens is 384 g/mol. The standard InChI is InChI=1S/C19H36O8Si/c1-16(2)18(20)24-11-9-13-28(6,27-19(3,21-4)22-5)26-12-8-7-10-23-14-17-15-25-17/h17H,1,7-15H2,2-6H3. The summed E-state index contributed by atoms with van der Waals surface area (Å²) in [6, 6.07) is 0.633. The Labute approximate surface area is 169 Å². The largest absolute Gasteiger partial charge is 0.462 e. The molecule has 0 spiro atoms. The van der Waals surface area contributed by atoms with Crippen LogP contribution in [0.5, 0.6) is 0 Å². The first-order chi connectivity index (χ1) is 13.2. The highest BCUT2D eigenvalue weighted by Gasteiger charge is 2.40. The van der Waals surface area contributed by atoms with Crippen molar-refractivity contribution in [2.24, 2.45) is 0 Å². The molecule has 1 saturated heterocycles. The van der Waals surface area contributed by atoms with E-state index in [4.69, 9.17) is 32.5 Å². The monoisotopic (exact) mass is 420 g/mol. The summed E-state index contributed by atoms with van der Waals surface area (Å²) >= 11 is 0. The van der Waals surface area contributed by atoms with Gasteiger partial charge in [0.2, 0.25) is 0 Å². The lowest BCUT2D eigenvalue weighted by molar-refractivity contribution is -0.320. The maximum Gasteiger partial charge on any atom is 0.339 e. The molecule has 2 atom stereocenters. The molecule has 0 bridgehead atoms. The van der Waals surface area contributed by atoms with Gasteiger partial charge in [-0.2, -0.15) is 0 Å². The molecule has 8 nitrogen and oxygen atoms in total. The van der Waals surface area contributed by atoms with Crippen molar-refractivity contribution in [2.75, 3.05) is 47.3 Å². The van der Waals surface area contributed by atoms with E-state index < -0.39 is 14.5 Å². The van der Waals surface area contributed by atoms with E-state index in [1.54, 1.807) is 13.8 Å². The molecule has 0 aromatic carbocycles. The lowest BCUT2D eigenvalue weighted by Gasteiger charge is -2.36. The van der Waals surface area contributed by atoms with Crippen LogP contribution in [-0.4, -0.2) is 73.9 Å². The van der Waals surface area contributed by atoms with E-state index in [2.05, 4.69) is 6.58 Å². The fraction of sp³-hybridized carbons (Fsp3) is 0.842. The minimum absolute atomic E-state index is 0.286. The van der Waals surface area contributed by atoms with E-state index in [0.717, 1.165) is 19.4 Å². The number of esters is 1. The van der Waals surface area contributed by atoms with E-state index in [9.17, 15) is 4.79 Å². The summed E-state index contributed by atoms with van der Waals surface area (Å²) in [6.07, 6.45) is 2.67. The van der Waals surface area contributed by atoms with E-state index in [1.165, 1.54) is 14.2 Å². The summed E-state index contributed by atoms with van der Waals surface area (Å²) in [5.74, 6) is -1.57. The van der Waals surface area contributed by atoms with Crippen LogP contribution in [0.4, 0.5) is 0 Å². The minimum Gasteiger partial charge on any atom is -0.462 e. The molecule has 0 amide bonds. The summed E-state index contributed by atoms with van der Waals surface area (Å²) in [5.41, 5.74) is 0.384. The molecule has 0 N–H and O–H groups in total. The van der Waals surface area contributed by atoms with E-state index >= 15 is 0 Å². The van der Waals surface area contributed by atoms with E-state index in [0.29, 0.717) is 44.0 Å². The fourth-order valence-corrected chi connectivity index (χ4v) is 4.99. The Kier molecular flexibility index (Phi) is 11.4. The Morgan fingerprint density at radius 2 is 1.82 bits per heavy atom. The lowest BCUT2D eigenvalue weighted by atomic mass is 10.3. The average molecular weight is 421 g/mol. The third kappa shape index (κ3) is 10.7. The minimum atomic E-state index is -2.63. The van der Waals surface area contributed by atoms with Crippen molar-refractivity contribution in [1.82, 2.24) is 0 Å². The summed E-state index contributed by atoms with van der Waals surface area (Å²) in [6.45, 7) is 11.9. The Bertz CT molecular complexity index is 479. The highest BCUT2D eigenvalue weighted by Crippen LogP contribution is 2.25. The zero-order valence-electron chi connectivity index (χ0n) is 17.9. The summed E-state index contributed by atoms with van der Waals surface area (Å²) in [4.78, 5) is 11.5. The van der Waals surface area contributed by atoms with Crippen LogP contribution in [0.1, 0.15) is 33.1 Å². The lowest BCUT2D eigenvalue weighted by Crippen LogP contribution is -2.49. The van der Waals surface area contributed by atoms with E-state index in [-0.39, 0.29) is 12.6 Å². The third-order valence-electron chi connectivity index (χ3n) is 4.30. The normalized spacial score (nSPS) is 18.5. The average Bonchev–Trinajstić information content (AvgIpc) is 3.48. The van der Waals surface area contributed by atoms with E-state index in [1.807, 2.05) is 6.55 Å². The number of methoxy groups -OCH3 is 2. The van der Waals surface area contributed by atoms with Crippen molar-refractivity contribution >= 4 is 14.5 Å². The van der Waals surface area contributed by atoms with Gasteiger partial charge in [-0.15, -0.1) is 0 Å². The van der Waals surface area contributed by atoms with Crippen LogP contribution in [0.25, 0.3) is 0 Å². The molecule has 0 aliphatic carbocycles. The zero-order chi connectivity index (χ0) is 21.0. The number of epoxide rings is 1. The van der Waals surface area contributed by atoms with Crippen LogP contribution >= 0.6 is 0 Å². The highest BCUT2D eigenvalue weighted by molar-refractivity contribution is 6.66. The predicted octanol–water partition coefficient (Wildman–Crippen LogP) is 2.76. The van der Waals surface area contributed by atoms with Gasteiger partial charge in [-0.3, -0.25) is 0 Å². The van der Waals surface area contributed by atoms with Gasteiger partial charge in [0.15, 0.2) is 0 Å². The highest BCUT2D eigenvalue weighted by atomic mass is 28.4. The predicted molar refractivity (Wildman–Crippen MR) is 106 cm³/mol. The smallest absolute Gasteiger partial charge is 0.339 e. The first-order valence-corrected chi connectivity index (χ1v) is 12.2. The van der Waals surface area contributed by atoms with Crippen LogP contribution in [0.15, 0.2) is 12.2 Å². The van der Waals surface area contributed by atoms with Crippen molar-refractivity contribution in [3.8, 4) is 0 Å². The van der Waals surface area contributed by atoms with Crippen molar-refractivity contribution < 1.29 is 37.3 Å². The number of rotatable bonds is 17. The zero-order valence-corrected chi connectivity index (χ0v) is 18.9. The Balaban J connectivity index is 2.39. The van der Waals surface area contributed by atoms with Crippen LogP contribution in [0, 0.1) is 0 Å². The molecule has 28 heavy (non-hydrogen) atoms. The molecule has 1 fully saturated rings. The van der Waals surface area contributed by atoms with Crippen LogP contribution in [0.3, 0.4) is 0 Å². The van der Waals surface area contributed by atoms with Crippen molar-refractivity contribution in [1.29, 1.82) is 0 Å². The van der Waals surface area contributed by atoms with Gasteiger partial charge in [0.05, 0.1) is 19.8 Å². The number of carbonyl (C=O) groups excluding carboxylic acids is 1. The first kappa shape index (κ1) is 25.2. The maximum absolute atomic E-state index is 11.5. The van der Waals surface area contributed by atoms with Gasteiger partial charge in [-0.25, -0.2) is 4.79 Å². The topological polar surface area (TPSA) is 85.0 Å². The Morgan fingerprint density at radius 1 is 1.18 bits per heavy atom. The van der Waals surface area contributed by atoms with Gasteiger partial charge in [0, 0.05) is 39.9 Å². The molecule has 1 aliphatic rings. The molecule has 2 unspecified atom stereocenters. The third-order valence-corrected chi connectivity index (χ3v) is 7.18. The van der Waals surface area contributed by atoms with Crippen molar-refractivity contribution in [3.63, 3.8) is 0 Å². The van der Waals surface area contributed by atoms with Crippen molar-refractivity contribution in [3.05, 3.63) is 12.2 Å². The molecule has 0 saturated carbocycles. The molecule has 164 valence electrons. The number of hydrogen-bond acceptors (Lipinski definition) is 8. The quantitative estimate of drug-likeness (QED) is 0.0887. The summed E-state index contributed by atoms with van der Waals surface area (Å²) < 4.78 is 38.7. The van der Waals surface area contributed by atoms with Gasteiger partial charge >= 0.3 is 14.5 Å². The molecule has 1 aliphatic heterocycles. The molecule has 0 aromatic rings. The molecule has 9 heteroatoms. The summed E-state index contributed by atoms with van der Waals surface area (Å²) in [5, 5.41) is 0. The van der Waals surface area contributed by atoms with Crippen LogP contribution < -0.4 is 0 Å². The van der Waals surface area contributed by atoms with Crippen LogP contribution in [0.2, 0.25) is 12.6 Å².